The summed E-state index contributed by atoms with van der Waals surface area (Å²) in [6.45, 7) is 9.63. The van der Waals surface area contributed by atoms with E-state index in [1.54, 1.807) is 24.3 Å². The Kier molecular flexibility index (Phi) is 4.32. The molecule has 0 bridgehead atoms. The van der Waals surface area contributed by atoms with Crippen molar-refractivity contribution in [2.45, 2.75) is 39.8 Å². The van der Waals surface area contributed by atoms with Crippen LogP contribution in [0.4, 0.5) is 0 Å². The molecule has 2 rings (SSSR count). The number of fused-ring (bicyclic) bond motifs is 1. The van der Waals surface area contributed by atoms with E-state index in [1.807, 2.05) is 0 Å². The first-order valence-corrected chi connectivity index (χ1v) is 7.25. The molecule has 5 heteroatoms. The highest BCUT2D eigenvalue weighted by Gasteiger charge is 2.13. The normalized spacial score (nSPS) is 13.5. The Morgan fingerprint density at radius 2 is 1.81 bits per heavy atom. The van der Waals surface area contributed by atoms with Gasteiger partial charge in [-0.05, 0) is 45.4 Å². The Morgan fingerprint density at radius 1 is 1.19 bits per heavy atom. The van der Waals surface area contributed by atoms with E-state index in [-0.39, 0.29) is 22.6 Å². The Bertz CT molecular complexity index is 737. The molecule has 0 amide bonds. The number of rotatable bonds is 4. The third-order valence-electron chi connectivity index (χ3n) is 3.36. The van der Waals surface area contributed by atoms with Crippen LogP contribution in [0.5, 0.6) is 0 Å². The predicted octanol–water partition coefficient (Wildman–Crippen LogP) is 1.71. The number of nitrogens with one attached hydrogen (secondary N) is 2. The van der Waals surface area contributed by atoms with Gasteiger partial charge in [0.1, 0.15) is 0 Å². The van der Waals surface area contributed by atoms with Crippen molar-refractivity contribution in [2.24, 2.45) is 5.92 Å². The summed E-state index contributed by atoms with van der Waals surface area (Å²) in [6.07, 6.45) is 0. The van der Waals surface area contributed by atoms with Crippen molar-refractivity contribution in [3.05, 3.63) is 45.0 Å². The standard InChI is InChI=1S/C16H23N3O2/c1-11(9-17-16(2,3)4)10-19-15(21)13-8-6-5-7-12(13)14(20)18-19/h5-8,11,17H,9-10H2,1-4H3,(H,18,20). The van der Waals surface area contributed by atoms with Crippen LogP contribution in [0.25, 0.3) is 10.8 Å². The molecule has 0 radical (unpaired) electrons. The smallest absolute Gasteiger partial charge is 0.273 e. The summed E-state index contributed by atoms with van der Waals surface area (Å²) in [5.41, 5.74) is -0.329. The highest BCUT2D eigenvalue weighted by molar-refractivity contribution is 5.80. The molecular formula is C16H23N3O2. The second kappa shape index (κ2) is 5.85. The number of H-pyrrole nitrogens is 1. The molecule has 1 unspecified atom stereocenters. The van der Waals surface area contributed by atoms with E-state index >= 15 is 0 Å². The van der Waals surface area contributed by atoms with Crippen molar-refractivity contribution in [3.63, 3.8) is 0 Å². The molecule has 2 aromatic rings. The zero-order chi connectivity index (χ0) is 15.6. The summed E-state index contributed by atoms with van der Waals surface area (Å²) in [5, 5.41) is 6.99. The molecule has 21 heavy (non-hydrogen) atoms. The van der Waals surface area contributed by atoms with E-state index < -0.39 is 0 Å². The first-order chi connectivity index (χ1) is 9.78. The van der Waals surface area contributed by atoms with E-state index in [2.05, 4.69) is 38.1 Å². The lowest BCUT2D eigenvalue weighted by Crippen LogP contribution is -2.40. The molecule has 0 aliphatic carbocycles. The fourth-order valence-electron chi connectivity index (χ4n) is 2.23. The number of hydrogen-bond acceptors (Lipinski definition) is 3. The molecule has 0 fully saturated rings. The first kappa shape index (κ1) is 15.5. The number of aromatic amines is 1. The molecule has 1 aromatic heterocycles. The fraction of sp³-hybridized carbons (Fsp3) is 0.500. The highest BCUT2D eigenvalue weighted by atomic mass is 16.2. The summed E-state index contributed by atoms with van der Waals surface area (Å²) in [7, 11) is 0. The SMILES string of the molecule is CC(CNC(C)(C)C)Cn1[nH]c(=O)c2ccccc2c1=O. The molecule has 0 saturated heterocycles. The Hall–Kier alpha value is -1.88. The van der Waals surface area contributed by atoms with Crippen molar-refractivity contribution < 1.29 is 0 Å². The summed E-state index contributed by atoms with van der Waals surface area (Å²) in [4.78, 5) is 24.4. The van der Waals surface area contributed by atoms with Gasteiger partial charge in [0.2, 0.25) is 0 Å². The quantitative estimate of drug-likeness (QED) is 0.900. The summed E-state index contributed by atoms with van der Waals surface area (Å²) in [5.74, 6) is 0.235. The Balaban J connectivity index is 2.25. The van der Waals surface area contributed by atoms with E-state index in [9.17, 15) is 9.59 Å². The largest absolute Gasteiger partial charge is 0.312 e. The molecule has 2 N–H and O–H groups in total. The number of aromatic nitrogens is 2. The average molecular weight is 289 g/mol. The minimum atomic E-state index is -0.221. The van der Waals surface area contributed by atoms with Gasteiger partial charge in [-0.25, -0.2) is 4.68 Å². The molecule has 0 spiro atoms. The molecule has 1 aromatic carbocycles. The monoisotopic (exact) mass is 289 g/mol. The van der Waals surface area contributed by atoms with E-state index in [0.717, 1.165) is 6.54 Å². The van der Waals surface area contributed by atoms with Gasteiger partial charge in [0.15, 0.2) is 0 Å². The van der Waals surface area contributed by atoms with Crippen molar-refractivity contribution in [1.29, 1.82) is 0 Å². The van der Waals surface area contributed by atoms with Gasteiger partial charge < -0.3 is 5.32 Å². The Morgan fingerprint density at radius 3 is 2.43 bits per heavy atom. The summed E-state index contributed by atoms with van der Waals surface area (Å²) >= 11 is 0. The van der Waals surface area contributed by atoms with Gasteiger partial charge in [-0.1, -0.05) is 19.1 Å². The lowest BCUT2D eigenvalue weighted by atomic mass is 10.1. The summed E-state index contributed by atoms with van der Waals surface area (Å²) < 4.78 is 1.42. The first-order valence-electron chi connectivity index (χ1n) is 7.25. The van der Waals surface area contributed by atoms with Crippen LogP contribution in [-0.4, -0.2) is 21.9 Å². The van der Waals surface area contributed by atoms with Gasteiger partial charge in [0, 0.05) is 12.1 Å². The maximum Gasteiger partial charge on any atom is 0.273 e. The van der Waals surface area contributed by atoms with Crippen LogP contribution in [-0.2, 0) is 6.54 Å². The number of benzene rings is 1. The van der Waals surface area contributed by atoms with Gasteiger partial charge in [-0.2, -0.15) is 0 Å². The van der Waals surface area contributed by atoms with Gasteiger partial charge in [0.05, 0.1) is 10.8 Å². The highest BCUT2D eigenvalue weighted by Crippen LogP contribution is 2.05. The third-order valence-corrected chi connectivity index (χ3v) is 3.36. The van der Waals surface area contributed by atoms with Crippen LogP contribution < -0.4 is 16.4 Å². The maximum absolute atomic E-state index is 12.4. The molecule has 1 heterocycles. The number of hydrogen-bond donors (Lipinski definition) is 2. The van der Waals surface area contributed by atoms with Crippen LogP contribution >= 0.6 is 0 Å². The van der Waals surface area contributed by atoms with E-state index in [1.165, 1.54) is 4.68 Å². The minimum absolute atomic E-state index is 0.0377. The van der Waals surface area contributed by atoms with Crippen LogP contribution in [0.1, 0.15) is 27.7 Å². The lowest BCUT2D eigenvalue weighted by molar-refractivity contribution is 0.347. The van der Waals surface area contributed by atoms with Crippen molar-refractivity contribution in [1.82, 2.24) is 15.1 Å². The zero-order valence-corrected chi connectivity index (χ0v) is 13.1. The zero-order valence-electron chi connectivity index (χ0n) is 13.1. The molecule has 0 saturated carbocycles. The second-order valence-electron chi connectivity index (χ2n) is 6.64. The van der Waals surface area contributed by atoms with Crippen molar-refractivity contribution in [3.8, 4) is 0 Å². The second-order valence-corrected chi connectivity index (χ2v) is 6.64. The molecule has 114 valence electrons. The molecular weight excluding hydrogens is 266 g/mol. The van der Waals surface area contributed by atoms with E-state index in [4.69, 9.17) is 0 Å². The third kappa shape index (κ3) is 3.82. The molecule has 5 nitrogen and oxygen atoms in total. The van der Waals surface area contributed by atoms with Crippen LogP contribution in [0, 0.1) is 5.92 Å². The van der Waals surface area contributed by atoms with Crippen LogP contribution in [0.2, 0.25) is 0 Å². The number of nitrogens with zero attached hydrogens (tertiary/aromatic N) is 1. The molecule has 0 aliphatic heterocycles. The lowest BCUT2D eigenvalue weighted by Gasteiger charge is -2.23. The molecule has 1 atom stereocenters. The predicted molar refractivity (Wildman–Crippen MR) is 85.7 cm³/mol. The van der Waals surface area contributed by atoms with Crippen molar-refractivity contribution in [2.75, 3.05) is 6.54 Å². The summed E-state index contributed by atoms with van der Waals surface area (Å²) in [6, 6.07) is 6.90. The van der Waals surface area contributed by atoms with Gasteiger partial charge in [-0.3, -0.25) is 14.7 Å². The van der Waals surface area contributed by atoms with Gasteiger partial charge in [-0.15, -0.1) is 0 Å². The average Bonchev–Trinajstić information content (AvgIpc) is 2.42. The van der Waals surface area contributed by atoms with E-state index in [0.29, 0.717) is 17.3 Å². The topological polar surface area (TPSA) is 66.9 Å². The molecule has 0 aliphatic rings. The van der Waals surface area contributed by atoms with Crippen LogP contribution in [0.15, 0.2) is 33.9 Å². The minimum Gasteiger partial charge on any atom is -0.312 e. The van der Waals surface area contributed by atoms with Gasteiger partial charge in [0.25, 0.3) is 11.1 Å². The van der Waals surface area contributed by atoms with Crippen LogP contribution in [0.3, 0.4) is 0 Å². The fourth-order valence-corrected chi connectivity index (χ4v) is 2.23. The maximum atomic E-state index is 12.4. The van der Waals surface area contributed by atoms with Gasteiger partial charge >= 0.3 is 0 Å². The van der Waals surface area contributed by atoms with Crippen molar-refractivity contribution >= 4 is 10.8 Å². The Labute approximate surface area is 124 Å².